The molecule has 0 radical (unpaired) electrons. The summed E-state index contributed by atoms with van der Waals surface area (Å²) in [6.45, 7) is 15.2. The lowest BCUT2D eigenvalue weighted by molar-refractivity contribution is -0.122. The summed E-state index contributed by atoms with van der Waals surface area (Å²) in [5.41, 5.74) is 0.0737. The van der Waals surface area contributed by atoms with Crippen molar-refractivity contribution in [3.05, 3.63) is 0 Å². The Balaban J connectivity index is 4.00. The molecule has 0 saturated carbocycles. The Morgan fingerprint density at radius 1 is 1.19 bits per heavy atom. The third-order valence-corrected chi connectivity index (χ3v) is 3.23. The Morgan fingerprint density at radius 3 is 2.06 bits per heavy atom. The van der Waals surface area contributed by atoms with E-state index in [0.29, 0.717) is 12.6 Å². The van der Waals surface area contributed by atoms with Crippen LogP contribution in [-0.2, 0) is 4.79 Å². The highest BCUT2D eigenvalue weighted by molar-refractivity contribution is 5.78. The standard InChI is InChI=1S/C13H28N2O/c1-8-13(6,7)15-11(16)9-14-10(2)12(3,4)5/h10,14H,8-9H2,1-7H3,(H,15,16). The largest absolute Gasteiger partial charge is 0.350 e. The van der Waals surface area contributed by atoms with Crippen LogP contribution in [0.25, 0.3) is 0 Å². The first-order chi connectivity index (χ1) is 7.08. The molecule has 16 heavy (non-hydrogen) atoms. The van der Waals surface area contributed by atoms with E-state index in [0.717, 1.165) is 6.42 Å². The Morgan fingerprint density at radius 2 is 1.69 bits per heavy atom. The first-order valence-corrected chi connectivity index (χ1v) is 6.13. The Hall–Kier alpha value is -0.570. The van der Waals surface area contributed by atoms with Crippen molar-refractivity contribution >= 4 is 5.91 Å². The molecular formula is C13H28N2O. The van der Waals surface area contributed by atoms with Crippen molar-refractivity contribution in [2.24, 2.45) is 5.41 Å². The summed E-state index contributed by atoms with van der Waals surface area (Å²) in [5.74, 6) is 0.0722. The second kappa shape index (κ2) is 5.67. The van der Waals surface area contributed by atoms with Crippen LogP contribution in [0.2, 0.25) is 0 Å². The molecule has 0 aliphatic carbocycles. The summed E-state index contributed by atoms with van der Waals surface area (Å²) in [5, 5.41) is 6.27. The minimum Gasteiger partial charge on any atom is -0.350 e. The second-order valence-corrected chi connectivity index (χ2v) is 6.25. The van der Waals surface area contributed by atoms with E-state index in [1.165, 1.54) is 0 Å². The predicted octanol–water partition coefficient (Wildman–Crippen LogP) is 2.32. The summed E-state index contributed by atoms with van der Waals surface area (Å²) < 4.78 is 0. The van der Waals surface area contributed by atoms with E-state index in [1.54, 1.807) is 0 Å². The lowest BCUT2D eigenvalue weighted by atomic mass is 9.88. The maximum absolute atomic E-state index is 11.7. The van der Waals surface area contributed by atoms with Gasteiger partial charge in [0.15, 0.2) is 0 Å². The van der Waals surface area contributed by atoms with Crippen LogP contribution in [0.4, 0.5) is 0 Å². The maximum atomic E-state index is 11.7. The maximum Gasteiger partial charge on any atom is 0.234 e. The molecule has 3 heteroatoms. The summed E-state index contributed by atoms with van der Waals surface area (Å²) in [6, 6.07) is 0.322. The summed E-state index contributed by atoms with van der Waals surface area (Å²) in [6.07, 6.45) is 0.938. The number of amides is 1. The molecular weight excluding hydrogens is 200 g/mol. The minimum absolute atomic E-state index is 0.0722. The van der Waals surface area contributed by atoms with Gasteiger partial charge in [0.05, 0.1) is 6.54 Å². The predicted molar refractivity (Wildman–Crippen MR) is 69.4 cm³/mol. The Labute approximate surface area is 100 Å². The minimum atomic E-state index is -0.107. The third kappa shape index (κ3) is 6.11. The molecule has 0 fully saturated rings. The first kappa shape index (κ1) is 15.4. The fourth-order valence-corrected chi connectivity index (χ4v) is 1.06. The molecule has 96 valence electrons. The molecule has 0 rings (SSSR count). The third-order valence-electron chi connectivity index (χ3n) is 3.23. The van der Waals surface area contributed by atoms with Crippen molar-refractivity contribution < 1.29 is 4.79 Å². The molecule has 0 bridgehead atoms. The number of hydrogen-bond donors (Lipinski definition) is 2. The molecule has 0 aromatic heterocycles. The number of rotatable bonds is 5. The van der Waals surface area contributed by atoms with Crippen molar-refractivity contribution in [3.8, 4) is 0 Å². The average molecular weight is 228 g/mol. The van der Waals surface area contributed by atoms with Crippen LogP contribution in [0.3, 0.4) is 0 Å². The Bertz CT molecular complexity index is 229. The number of carbonyl (C=O) groups is 1. The molecule has 0 aliphatic heterocycles. The van der Waals surface area contributed by atoms with Gasteiger partial charge in [0.1, 0.15) is 0 Å². The van der Waals surface area contributed by atoms with Gasteiger partial charge in [-0.2, -0.15) is 0 Å². The fourth-order valence-electron chi connectivity index (χ4n) is 1.06. The van der Waals surface area contributed by atoms with Crippen LogP contribution < -0.4 is 10.6 Å². The van der Waals surface area contributed by atoms with Gasteiger partial charge in [0, 0.05) is 11.6 Å². The van der Waals surface area contributed by atoms with Crippen LogP contribution in [0.1, 0.15) is 54.9 Å². The van der Waals surface area contributed by atoms with E-state index in [1.807, 2.05) is 13.8 Å². The topological polar surface area (TPSA) is 41.1 Å². The first-order valence-electron chi connectivity index (χ1n) is 6.13. The zero-order chi connectivity index (χ0) is 13.0. The van der Waals surface area contributed by atoms with Crippen LogP contribution in [0.5, 0.6) is 0 Å². The SMILES string of the molecule is CCC(C)(C)NC(=O)CNC(C)C(C)(C)C. The quantitative estimate of drug-likeness (QED) is 0.758. The number of carbonyl (C=O) groups excluding carboxylic acids is 1. The zero-order valence-electron chi connectivity index (χ0n) is 11.9. The molecule has 0 aliphatic rings. The van der Waals surface area contributed by atoms with Crippen LogP contribution >= 0.6 is 0 Å². The number of hydrogen-bond acceptors (Lipinski definition) is 2. The van der Waals surface area contributed by atoms with Gasteiger partial charge < -0.3 is 10.6 Å². The molecule has 2 N–H and O–H groups in total. The monoisotopic (exact) mass is 228 g/mol. The van der Waals surface area contributed by atoms with E-state index in [-0.39, 0.29) is 16.9 Å². The van der Waals surface area contributed by atoms with Gasteiger partial charge in [-0.1, -0.05) is 27.7 Å². The highest BCUT2D eigenvalue weighted by Crippen LogP contribution is 2.18. The molecule has 0 aromatic carbocycles. The normalized spacial score (nSPS) is 14.7. The lowest BCUT2D eigenvalue weighted by Gasteiger charge is -2.29. The van der Waals surface area contributed by atoms with Gasteiger partial charge in [-0.05, 0) is 32.6 Å². The Kier molecular flexibility index (Phi) is 5.47. The highest BCUT2D eigenvalue weighted by atomic mass is 16.2. The van der Waals surface area contributed by atoms with Gasteiger partial charge in [-0.25, -0.2) is 0 Å². The van der Waals surface area contributed by atoms with Crippen molar-refractivity contribution in [2.45, 2.75) is 66.5 Å². The van der Waals surface area contributed by atoms with E-state index < -0.39 is 0 Å². The van der Waals surface area contributed by atoms with Crippen molar-refractivity contribution in [1.29, 1.82) is 0 Å². The van der Waals surface area contributed by atoms with Crippen LogP contribution in [-0.4, -0.2) is 24.0 Å². The van der Waals surface area contributed by atoms with Crippen molar-refractivity contribution in [2.75, 3.05) is 6.54 Å². The van der Waals surface area contributed by atoms with Crippen LogP contribution in [0, 0.1) is 5.41 Å². The molecule has 0 aromatic rings. The fraction of sp³-hybridized carbons (Fsp3) is 0.923. The molecule has 3 nitrogen and oxygen atoms in total. The van der Waals surface area contributed by atoms with E-state index in [4.69, 9.17) is 0 Å². The molecule has 0 heterocycles. The number of nitrogens with one attached hydrogen (secondary N) is 2. The lowest BCUT2D eigenvalue weighted by Crippen LogP contribution is -2.49. The van der Waals surface area contributed by atoms with Crippen molar-refractivity contribution in [1.82, 2.24) is 10.6 Å². The average Bonchev–Trinajstić information content (AvgIpc) is 2.12. The molecule has 1 amide bonds. The summed E-state index contributed by atoms with van der Waals surface area (Å²) in [7, 11) is 0. The van der Waals surface area contributed by atoms with E-state index >= 15 is 0 Å². The van der Waals surface area contributed by atoms with Gasteiger partial charge in [0.2, 0.25) is 5.91 Å². The molecule has 1 atom stereocenters. The van der Waals surface area contributed by atoms with Gasteiger partial charge >= 0.3 is 0 Å². The smallest absolute Gasteiger partial charge is 0.234 e. The van der Waals surface area contributed by atoms with E-state index in [2.05, 4.69) is 45.3 Å². The highest BCUT2D eigenvalue weighted by Gasteiger charge is 2.22. The summed E-state index contributed by atoms with van der Waals surface area (Å²) in [4.78, 5) is 11.7. The zero-order valence-corrected chi connectivity index (χ0v) is 11.9. The van der Waals surface area contributed by atoms with E-state index in [9.17, 15) is 4.79 Å². The second-order valence-electron chi connectivity index (χ2n) is 6.25. The summed E-state index contributed by atoms with van der Waals surface area (Å²) >= 11 is 0. The van der Waals surface area contributed by atoms with Gasteiger partial charge in [-0.15, -0.1) is 0 Å². The molecule has 1 unspecified atom stereocenters. The van der Waals surface area contributed by atoms with Gasteiger partial charge in [-0.3, -0.25) is 4.79 Å². The van der Waals surface area contributed by atoms with Crippen LogP contribution in [0.15, 0.2) is 0 Å². The van der Waals surface area contributed by atoms with Gasteiger partial charge in [0.25, 0.3) is 0 Å². The molecule has 0 saturated heterocycles. The van der Waals surface area contributed by atoms with Crippen molar-refractivity contribution in [3.63, 3.8) is 0 Å². The molecule has 0 spiro atoms.